The number of carbonyl (C=O) groups excluding carboxylic acids is 1. The third-order valence-corrected chi connectivity index (χ3v) is 4.13. The van der Waals surface area contributed by atoms with Gasteiger partial charge >= 0.3 is 0 Å². The highest BCUT2D eigenvalue weighted by Crippen LogP contribution is 2.16. The fourth-order valence-electron chi connectivity index (χ4n) is 2.72. The fraction of sp³-hybridized carbons (Fsp3) is 0.421. The molecule has 0 unspecified atom stereocenters. The molecular weight excluding hydrogens is 346 g/mol. The number of hydrogen-bond donors (Lipinski definition) is 2. The molecule has 1 amide bonds. The van der Waals surface area contributed by atoms with Crippen LogP contribution >= 0.6 is 0 Å². The van der Waals surface area contributed by atoms with Crippen molar-refractivity contribution >= 4 is 17.5 Å². The van der Waals surface area contributed by atoms with Crippen molar-refractivity contribution in [2.24, 2.45) is 0 Å². The molecular formula is C19H25N5O3. The summed E-state index contributed by atoms with van der Waals surface area (Å²) in [6, 6.07) is 8.82. The normalized spacial score (nSPS) is 14.6. The van der Waals surface area contributed by atoms with E-state index in [1.54, 1.807) is 24.4 Å². The van der Waals surface area contributed by atoms with Gasteiger partial charge in [-0.15, -0.1) is 0 Å². The molecule has 0 spiro atoms. The zero-order valence-corrected chi connectivity index (χ0v) is 15.5. The van der Waals surface area contributed by atoms with Crippen LogP contribution in [0, 0.1) is 0 Å². The Hall–Kier alpha value is -2.71. The summed E-state index contributed by atoms with van der Waals surface area (Å²) >= 11 is 0. The Morgan fingerprint density at radius 2 is 2.00 bits per heavy atom. The molecule has 1 fully saturated rings. The van der Waals surface area contributed by atoms with Crippen molar-refractivity contribution in [2.45, 2.75) is 6.92 Å². The minimum Gasteiger partial charge on any atom is -0.494 e. The molecule has 1 saturated heterocycles. The van der Waals surface area contributed by atoms with E-state index in [-0.39, 0.29) is 5.91 Å². The highest BCUT2D eigenvalue weighted by Gasteiger charge is 2.11. The molecule has 2 heterocycles. The van der Waals surface area contributed by atoms with Crippen LogP contribution < -0.4 is 15.4 Å². The molecule has 0 bridgehead atoms. The highest BCUT2D eigenvalue weighted by molar-refractivity contribution is 6.02. The van der Waals surface area contributed by atoms with Gasteiger partial charge in [0.1, 0.15) is 11.4 Å². The number of carbonyl (C=O) groups is 1. The molecule has 3 rings (SSSR count). The van der Waals surface area contributed by atoms with E-state index in [1.807, 2.05) is 19.1 Å². The number of nitrogens with zero attached hydrogens (tertiary/aromatic N) is 3. The topological polar surface area (TPSA) is 88.6 Å². The number of hydrogen-bond acceptors (Lipinski definition) is 7. The number of amides is 1. The first-order chi connectivity index (χ1) is 13.2. The maximum absolute atomic E-state index is 12.4. The predicted molar refractivity (Wildman–Crippen MR) is 103 cm³/mol. The lowest BCUT2D eigenvalue weighted by Crippen LogP contribution is -2.39. The summed E-state index contributed by atoms with van der Waals surface area (Å²) in [4.78, 5) is 23.2. The number of benzene rings is 1. The summed E-state index contributed by atoms with van der Waals surface area (Å²) in [7, 11) is 0. The third kappa shape index (κ3) is 5.90. The summed E-state index contributed by atoms with van der Waals surface area (Å²) in [5.74, 6) is 0.935. The van der Waals surface area contributed by atoms with Crippen LogP contribution in [0.5, 0.6) is 5.75 Å². The van der Waals surface area contributed by atoms with Crippen LogP contribution in [0.2, 0.25) is 0 Å². The second-order valence-electron chi connectivity index (χ2n) is 6.06. The van der Waals surface area contributed by atoms with Crippen molar-refractivity contribution in [3.8, 4) is 5.75 Å². The van der Waals surface area contributed by atoms with Gasteiger partial charge in [-0.05, 0) is 37.3 Å². The van der Waals surface area contributed by atoms with Crippen LogP contribution in [0.3, 0.4) is 0 Å². The lowest BCUT2D eigenvalue weighted by molar-refractivity contribution is 0.0398. The summed E-state index contributed by atoms with van der Waals surface area (Å²) in [6.07, 6.45) is 1.58. The van der Waals surface area contributed by atoms with E-state index in [1.165, 1.54) is 0 Å². The van der Waals surface area contributed by atoms with Gasteiger partial charge in [-0.1, -0.05) is 0 Å². The Bertz CT molecular complexity index is 732. The molecule has 0 radical (unpaired) electrons. The molecule has 0 aliphatic carbocycles. The Balaban J connectivity index is 1.51. The predicted octanol–water partition coefficient (Wildman–Crippen LogP) is 1.87. The second-order valence-corrected chi connectivity index (χ2v) is 6.06. The standard InChI is InChI=1S/C19H25N5O3/c1-2-27-16-5-3-15(4-6-16)22-18(25)17-7-8-20-19(23-17)21-9-10-24-11-13-26-14-12-24/h3-8H,2,9-14H2,1H3,(H,22,25)(H,20,21,23). The first-order valence-corrected chi connectivity index (χ1v) is 9.16. The molecule has 2 aromatic rings. The van der Waals surface area contributed by atoms with Crippen molar-refractivity contribution in [3.63, 3.8) is 0 Å². The molecule has 1 aromatic heterocycles. The Labute approximate surface area is 158 Å². The number of morpholine rings is 1. The third-order valence-electron chi connectivity index (χ3n) is 4.13. The molecule has 8 nitrogen and oxygen atoms in total. The zero-order valence-electron chi connectivity index (χ0n) is 15.5. The van der Waals surface area contributed by atoms with Crippen LogP contribution in [0.1, 0.15) is 17.4 Å². The van der Waals surface area contributed by atoms with E-state index < -0.39 is 0 Å². The van der Waals surface area contributed by atoms with Gasteiger partial charge in [0.25, 0.3) is 5.91 Å². The van der Waals surface area contributed by atoms with Gasteiger partial charge in [0, 0.05) is 38.1 Å². The molecule has 1 aliphatic rings. The van der Waals surface area contributed by atoms with E-state index in [9.17, 15) is 4.79 Å². The van der Waals surface area contributed by atoms with Crippen molar-refractivity contribution in [3.05, 3.63) is 42.2 Å². The zero-order chi connectivity index (χ0) is 18.9. The van der Waals surface area contributed by atoms with E-state index >= 15 is 0 Å². The average Bonchev–Trinajstić information content (AvgIpc) is 2.71. The number of rotatable bonds is 8. The molecule has 27 heavy (non-hydrogen) atoms. The van der Waals surface area contributed by atoms with Gasteiger partial charge in [0.2, 0.25) is 5.95 Å². The number of anilines is 2. The Kier molecular flexibility index (Phi) is 6.95. The quantitative estimate of drug-likeness (QED) is 0.732. The summed E-state index contributed by atoms with van der Waals surface area (Å²) in [5.41, 5.74) is 0.997. The number of aromatic nitrogens is 2. The van der Waals surface area contributed by atoms with Crippen molar-refractivity contribution < 1.29 is 14.3 Å². The van der Waals surface area contributed by atoms with Gasteiger partial charge < -0.3 is 20.1 Å². The lowest BCUT2D eigenvalue weighted by Gasteiger charge is -2.26. The lowest BCUT2D eigenvalue weighted by atomic mass is 10.3. The maximum Gasteiger partial charge on any atom is 0.274 e. The number of ether oxygens (including phenoxy) is 2. The molecule has 0 saturated carbocycles. The summed E-state index contributed by atoms with van der Waals surface area (Å²) in [5, 5.41) is 6.00. The van der Waals surface area contributed by atoms with Gasteiger partial charge in [0.05, 0.1) is 19.8 Å². The molecule has 1 aromatic carbocycles. The van der Waals surface area contributed by atoms with E-state index in [2.05, 4.69) is 25.5 Å². The molecule has 1 aliphatic heterocycles. The van der Waals surface area contributed by atoms with Gasteiger partial charge in [0.15, 0.2) is 0 Å². The van der Waals surface area contributed by atoms with Gasteiger partial charge in [-0.2, -0.15) is 0 Å². The minimum absolute atomic E-state index is 0.280. The molecule has 144 valence electrons. The maximum atomic E-state index is 12.4. The second kappa shape index (κ2) is 9.84. The van der Waals surface area contributed by atoms with E-state index in [4.69, 9.17) is 9.47 Å². The van der Waals surface area contributed by atoms with Crippen molar-refractivity contribution in [2.75, 3.05) is 56.6 Å². The fourth-order valence-corrected chi connectivity index (χ4v) is 2.72. The SMILES string of the molecule is CCOc1ccc(NC(=O)c2ccnc(NCCN3CCOCC3)n2)cc1. The van der Waals surface area contributed by atoms with Crippen LogP contribution in [0.15, 0.2) is 36.5 Å². The van der Waals surface area contributed by atoms with E-state index in [0.717, 1.165) is 38.6 Å². The smallest absolute Gasteiger partial charge is 0.274 e. The minimum atomic E-state index is -0.280. The van der Waals surface area contributed by atoms with Gasteiger partial charge in [-0.25, -0.2) is 9.97 Å². The van der Waals surface area contributed by atoms with Crippen LogP contribution in [0.4, 0.5) is 11.6 Å². The van der Waals surface area contributed by atoms with E-state index in [0.29, 0.717) is 30.5 Å². The highest BCUT2D eigenvalue weighted by atomic mass is 16.5. The summed E-state index contributed by atoms with van der Waals surface area (Å²) in [6.45, 7) is 7.56. The average molecular weight is 371 g/mol. The summed E-state index contributed by atoms with van der Waals surface area (Å²) < 4.78 is 10.7. The monoisotopic (exact) mass is 371 g/mol. The first-order valence-electron chi connectivity index (χ1n) is 9.16. The largest absolute Gasteiger partial charge is 0.494 e. The molecule has 0 atom stereocenters. The Morgan fingerprint density at radius 1 is 1.22 bits per heavy atom. The van der Waals surface area contributed by atoms with Crippen molar-refractivity contribution in [1.82, 2.24) is 14.9 Å². The van der Waals surface area contributed by atoms with Crippen LogP contribution in [-0.4, -0.2) is 66.8 Å². The molecule has 8 heteroatoms. The molecule has 2 N–H and O–H groups in total. The van der Waals surface area contributed by atoms with Crippen molar-refractivity contribution in [1.29, 1.82) is 0 Å². The Morgan fingerprint density at radius 3 is 2.74 bits per heavy atom. The van der Waals surface area contributed by atoms with Crippen LogP contribution in [0.25, 0.3) is 0 Å². The van der Waals surface area contributed by atoms with Gasteiger partial charge in [-0.3, -0.25) is 9.69 Å². The first kappa shape index (κ1) is 19.1. The van der Waals surface area contributed by atoms with Crippen LogP contribution in [-0.2, 0) is 4.74 Å². The number of nitrogens with one attached hydrogen (secondary N) is 2.